The highest BCUT2D eigenvalue weighted by molar-refractivity contribution is 5.96. The Morgan fingerprint density at radius 1 is 1.14 bits per heavy atom. The van der Waals surface area contributed by atoms with Gasteiger partial charge in [0.1, 0.15) is 5.75 Å². The van der Waals surface area contributed by atoms with Crippen LogP contribution in [0.1, 0.15) is 10.4 Å². The van der Waals surface area contributed by atoms with Gasteiger partial charge in [-0.15, -0.1) is 0 Å². The minimum atomic E-state index is -0.486. The predicted molar refractivity (Wildman–Crippen MR) is 73.3 cm³/mol. The van der Waals surface area contributed by atoms with E-state index in [2.05, 4.69) is 9.97 Å². The molecule has 1 heterocycles. The van der Waals surface area contributed by atoms with Crippen molar-refractivity contribution in [3.63, 3.8) is 0 Å². The molecule has 2 rings (SSSR count). The van der Waals surface area contributed by atoms with Crippen LogP contribution in [0.15, 0.2) is 30.3 Å². The molecule has 3 N–H and O–H groups in total. The number of ether oxygens (including phenoxy) is 3. The molecular formula is C13H14N4O4. The Labute approximate surface area is 120 Å². The van der Waals surface area contributed by atoms with Gasteiger partial charge >= 0.3 is 6.01 Å². The number of hydrogen-bond donors (Lipinski definition) is 2. The molecule has 8 nitrogen and oxygen atoms in total. The van der Waals surface area contributed by atoms with Gasteiger partial charge in [-0.25, -0.2) is 5.84 Å². The maximum atomic E-state index is 11.7. The minimum absolute atomic E-state index is 0.0107. The Hall–Kier alpha value is -2.87. The lowest BCUT2D eigenvalue weighted by molar-refractivity contribution is 0.0951. The molecule has 1 aromatic heterocycles. The highest BCUT2D eigenvalue weighted by atomic mass is 16.5. The molecule has 0 radical (unpaired) electrons. The number of aromatic nitrogens is 2. The van der Waals surface area contributed by atoms with Gasteiger partial charge in [0.2, 0.25) is 11.8 Å². The molecule has 8 heteroatoms. The van der Waals surface area contributed by atoms with E-state index in [0.717, 1.165) is 0 Å². The van der Waals surface area contributed by atoms with E-state index in [9.17, 15) is 4.79 Å². The zero-order chi connectivity index (χ0) is 15.2. The number of benzene rings is 1. The molecular weight excluding hydrogens is 276 g/mol. The fourth-order valence-electron chi connectivity index (χ4n) is 1.56. The van der Waals surface area contributed by atoms with Crippen LogP contribution in [0.3, 0.4) is 0 Å². The molecule has 0 aliphatic carbocycles. The normalized spacial score (nSPS) is 9.86. The third-order valence-electron chi connectivity index (χ3n) is 2.54. The van der Waals surface area contributed by atoms with Crippen molar-refractivity contribution in [3.05, 3.63) is 35.9 Å². The second kappa shape index (κ2) is 6.53. The smallest absolute Gasteiger partial charge is 0.328 e. The predicted octanol–water partition coefficient (Wildman–Crippen LogP) is 0.890. The first-order valence-corrected chi connectivity index (χ1v) is 5.92. The molecule has 0 fully saturated rings. The van der Waals surface area contributed by atoms with Crippen LogP contribution in [-0.2, 0) is 0 Å². The van der Waals surface area contributed by atoms with Crippen LogP contribution in [0.4, 0.5) is 0 Å². The van der Waals surface area contributed by atoms with Crippen molar-refractivity contribution in [2.24, 2.45) is 5.84 Å². The van der Waals surface area contributed by atoms with Crippen LogP contribution in [-0.4, -0.2) is 30.1 Å². The van der Waals surface area contributed by atoms with E-state index in [1.165, 1.54) is 20.3 Å². The lowest BCUT2D eigenvalue weighted by Gasteiger charge is -2.10. The number of nitrogens with one attached hydrogen (secondary N) is 1. The number of carbonyl (C=O) groups is 1. The van der Waals surface area contributed by atoms with Crippen molar-refractivity contribution >= 4 is 5.91 Å². The molecule has 0 saturated carbocycles. The number of para-hydroxylation sites is 1. The maximum Gasteiger partial charge on any atom is 0.328 e. The number of hydrazine groups is 1. The zero-order valence-electron chi connectivity index (χ0n) is 11.5. The average molecular weight is 290 g/mol. The van der Waals surface area contributed by atoms with Crippen LogP contribution in [0.5, 0.6) is 23.5 Å². The monoisotopic (exact) mass is 290 g/mol. The highest BCUT2D eigenvalue weighted by Crippen LogP contribution is 2.26. The van der Waals surface area contributed by atoms with E-state index < -0.39 is 5.91 Å². The largest absolute Gasteiger partial charge is 0.481 e. The number of amides is 1. The molecule has 21 heavy (non-hydrogen) atoms. The van der Waals surface area contributed by atoms with Gasteiger partial charge in [0, 0.05) is 0 Å². The topological polar surface area (TPSA) is 109 Å². The Kier molecular flexibility index (Phi) is 4.52. The Balaban J connectivity index is 2.36. The summed E-state index contributed by atoms with van der Waals surface area (Å²) < 4.78 is 15.6. The van der Waals surface area contributed by atoms with Gasteiger partial charge in [-0.05, 0) is 12.1 Å². The fourth-order valence-corrected chi connectivity index (χ4v) is 1.56. The summed E-state index contributed by atoms with van der Waals surface area (Å²) in [5.74, 6) is 5.46. The summed E-state index contributed by atoms with van der Waals surface area (Å²) in [6.07, 6.45) is 0. The summed E-state index contributed by atoms with van der Waals surface area (Å²) in [6, 6.07) is 8.05. The van der Waals surface area contributed by atoms with Crippen LogP contribution in [0, 0.1) is 0 Å². The van der Waals surface area contributed by atoms with Crippen molar-refractivity contribution in [3.8, 4) is 23.5 Å². The number of hydrogen-bond acceptors (Lipinski definition) is 7. The van der Waals surface area contributed by atoms with Gasteiger partial charge in [-0.1, -0.05) is 12.1 Å². The summed E-state index contributed by atoms with van der Waals surface area (Å²) in [4.78, 5) is 19.7. The first kappa shape index (κ1) is 14.5. The van der Waals surface area contributed by atoms with Gasteiger partial charge in [0.15, 0.2) is 0 Å². The summed E-state index contributed by atoms with van der Waals surface area (Å²) in [7, 11) is 2.92. The standard InChI is InChI=1S/C13H14N4O4/c1-19-10-7-11(20-2)16-13(15-10)21-9-6-4-3-5-8(9)12(18)17-14/h3-7H,14H2,1-2H3,(H,17,18). The van der Waals surface area contributed by atoms with E-state index in [4.69, 9.17) is 20.1 Å². The lowest BCUT2D eigenvalue weighted by Crippen LogP contribution is -2.30. The van der Waals surface area contributed by atoms with Crippen molar-refractivity contribution in [2.75, 3.05) is 14.2 Å². The quantitative estimate of drug-likeness (QED) is 0.478. The van der Waals surface area contributed by atoms with E-state index in [1.807, 2.05) is 5.43 Å². The summed E-state index contributed by atoms with van der Waals surface area (Å²) >= 11 is 0. The molecule has 0 unspecified atom stereocenters. The van der Waals surface area contributed by atoms with Gasteiger partial charge in [0.25, 0.3) is 5.91 Å². The molecule has 0 atom stereocenters. The van der Waals surface area contributed by atoms with E-state index >= 15 is 0 Å². The average Bonchev–Trinajstić information content (AvgIpc) is 2.54. The molecule has 0 spiro atoms. The Morgan fingerprint density at radius 3 is 2.33 bits per heavy atom. The third-order valence-corrected chi connectivity index (χ3v) is 2.54. The second-order valence-corrected chi connectivity index (χ2v) is 3.81. The van der Waals surface area contributed by atoms with Crippen molar-refractivity contribution in [1.82, 2.24) is 15.4 Å². The molecule has 110 valence electrons. The molecule has 0 saturated heterocycles. The highest BCUT2D eigenvalue weighted by Gasteiger charge is 2.14. The van der Waals surface area contributed by atoms with Gasteiger partial charge < -0.3 is 14.2 Å². The molecule has 1 amide bonds. The number of carbonyl (C=O) groups excluding carboxylic acids is 1. The molecule has 1 aromatic carbocycles. The summed E-state index contributed by atoms with van der Waals surface area (Å²) in [5, 5.41) is 0. The molecule has 0 aliphatic heterocycles. The SMILES string of the molecule is COc1cc(OC)nc(Oc2ccccc2C(=O)NN)n1. The van der Waals surface area contributed by atoms with E-state index in [1.54, 1.807) is 24.3 Å². The van der Waals surface area contributed by atoms with Crippen LogP contribution in [0.25, 0.3) is 0 Å². The Morgan fingerprint density at radius 2 is 1.76 bits per heavy atom. The third kappa shape index (κ3) is 3.37. The molecule has 2 aromatic rings. The van der Waals surface area contributed by atoms with Crippen LogP contribution >= 0.6 is 0 Å². The number of nitrogen functional groups attached to an aromatic ring is 1. The van der Waals surface area contributed by atoms with Crippen molar-refractivity contribution in [2.45, 2.75) is 0 Å². The fraction of sp³-hybridized carbons (Fsp3) is 0.154. The van der Waals surface area contributed by atoms with Gasteiger partial charge in [-0.3, -0.25) is 10.2 Å². The maximum absolute atomic E-state index is 11.7. The minimum Gasteiger partial charge on any atom is -0.481 e. The van der Waals surface area contributed by atoms with E-state index in [0.29, 0.717) is 0 Å². The lowest BCUT2D eigenvalue weighted by atomic mass is 10.2. The van der Waals surface area contributed by atoms with Crippen molar-refractivity contribution < 1.29 is 19.0 Å². The van der Waals surface area contributed by atoms with Crippen LogP contribution in [0.2, 0.25) is 0 Å². The first-order chi connectivity index (χ1) is 10.2. The number of rotatable bonds is 5. The zero-order valence-corrected chi connectivity index (χ0v) is 11.5. The first-order valence-electron chi connectivity index (χ1n) is 5.92. The van der Waals surface area contributed by atoms with Crippen LogP contribution < -0.4 is 25.5 Å². The molecule has 0 aliphatic rings. The number of nitrogens with zero attached hydrogens (tertiary/aromatic N) is 2. The van der Waals surface area contributed by atoms with Gasteiger partial charge in [-0.2, -0.15) is 9.97 Å². The second-order valence-electron chi connectivity index (χ2n) is 3.81. The van der Waals surface area contributed by atoms with E-state index in [-0.39, 0.29) is 29.1 Å². The number of nitrogens with two attached hydrogens (primary N) is 1. The summed E-state index contributed by atoms with van der Waals surface area (Å²) in [5.41, 5.74) is 2.30. The van der Waals surface area contributed by atoms with Gasteiger partial charge in [0.05, 0.1) is 25.8 Å². The van der Waals surface area contributed by atoms with Crippen molar-refractivity contribution in [1.29, 1.82) is 0 Å². The Bertz CT molecular complexity index is 626. The summed E-state index contributed by atoms with van der Waals surface area (Å²) in [6.45, 7) is 0. The number of methoxy groups -OCH3 is 2. The molecule has 0 bridgehead atoms.